The van der Waals surface area contributed by atoms with E-state index in [1.165, 1.54) is 51.4 Å². The molecule has 0 aromatic rings. The second-order valence-electron chi connectivity index (χ2n) is 3.68. The number of hydrogen-bond donors (Lipinski definition) is 1. The standard InChI is InChI=1S/C10H19NO/c12-9-11-10-7-5-3-1-2-4-6-8-10/h9-10H,1-8H2,(H,11,12). The maximum absolute atomic E-state index is 10.2. The van der Waals surface area contributed by atoms with Crippen molar-refractivity contribution >= 4 is 6.41 Å². The number of rotatable bonds is 2. The van der Waals surface area contributed by atoms with Gasteiger partial charge in [0.2, 0.25) is 6.41 Å². The number of hydrogen-bond acceptors (Lipinski definition) is 1. The van der Waals surface area contributed by atoms with Crippen LogP contribution in [0, 0.1) is 0 Å². The van der Waals surface area contributed by atoms with Gasteiger partial charge in [-0.1, -0.05) is 38.5 Å². The van der Waals surface area contributed by atoms with Gasteiger partial charge in [-0.3, -0.25) is 4.79 Å². The van der Waals surface area contributed by atoms with Crippen LogP contribution >= 0.6 is 0 Å². The summed E-state index contributed by atoms with van der Waals surface area (Å²) in [4.78, 5) is 10.2. The van der Waals surface area contributed by atoms with Crippen molar-refractivity contribution in [2.45, 2.75) is 57.4 Å². The molecule has 0 aromatic carbocycles. The van der Waals surface area contributed by atoms with Gasteiger partial charge >= 0.3 is 0 Å². The first-order chi connectivity index (χ1) is 5.93. The van der Waals surface area contributed by atoms with Gasteiger partial charge in [0.05, 0.1) is 0 Å². The van der Waals surface area contributed by atoms with Crippen LogP contribution in [0.1, 0.15) is 51.4 Å². The Balaban J connectivity index is 2.23. The van der Waals surface area contributed by atoms with Crippen molar-refractivity contribution in [2.24, 2.45) is 0 Å². The van der Waals surface area contributed by atoms with Crippen molar-refractivity contribution in [3.63, 3.8) is 0 Å². The molecule has 1 rings (SSSR count). The minimum atomic E-state index is 0.459. The van der Waals surface area contributed by atoms with Crippen molar-refractivity contribution in [1.82, 2.24) is 5.32 Å². The van der Waals surface area contributed by atoms with E-state index in [-0.39, 0.29) is 0 Å². The average molecular weight is 169 g/mol. The Kier molecular flexibility index (Phi) is 4.81. The predicted molar refractivity (Wildman–Crippen MR) is 49.9 cm³/mol. The van der Waals surface area contributed by atoms with Gasteiger partial charge in [-0.05, 0) is 12.8 Å². The van der Waals surface area contributed by atoms with Gasteiger partial charge in [0.25, 0.3) is 0 Å². The fourth-order valence-electron chi connectivity index (χ4n) is 1.90. The Morgan fingerprint density at radius 1 is 0.917 bits per heavy atom. The number of amides is 1. The SMILES string of the molecule is O=CNC1CCCCCCCC1. The quantitative estimate of drug-likeness (QED) is 0.631. The summed E-state index contributed by atoms with van der Waals surface area (Å²) in [6.45, 7) is 0. The molecule has 1 fully saturated rings. The highest BCUT2D eigenvalue weighted by Crippen LogP contribution is 2.16. The molecule has 2 nitrogen and oxygen atoms in total. The van der Waals surface area contributed by atoms with Crippen LogP contribution in [0.15, 0.2) is 0 Å². The summed E-state index contributed by atoms with van der Waals surface area (Å²) in [5.74, 6) is 0. The zero-order valence-corrected chi connectivity index (χ0v) is 7.72. The molecule has 0 saturated heterocycles. The van der Waals surface area contributed by atoms with Crippen LogP contribution in [0.3, 0.4) is 0 Å². The third-order valence-corrected chi connectivity index (χ3v) is 2.66. The molecule has 1 aliphatic carbocycles. The minimum Gasteiger partial charge on any atom is -0.356 e. The molecule has 0 atom stereocenters. The molecule has 0 aliphatic heterocycles. The lowest BCUT2D eigenvalue weighted by atomic mass is 10.1. The van der Waals surface area contributed by atoms with Gasteiger partial charge in [0.1, 0.15) is 0 Å². The highest BCUT2D eigenvalue weighted by Gasteiger charge is 2.08. The highest BCUT2D eigenvalue weighted by atomic mass is 16.1. The monoisotopic (exact) mass is 169 g/mol. The van der Waals surface area contributed by atoms with E-state index in [1.807, 2.05) is 0 Å². The summed E-state index contributed by atoms with van der Waals surface area (Å²) in [5.41, 5.74) is 0. The van der Waals surface area contributed by atoms with E-state index in [1.54, 1.807) is 0 Å². The van der Waals surface area contributed by atoms with Crippen LogP contribution < -0.4 is 5.32 Å². The van der Waals surface area contributed by atoms with Crippen LogP contribution in [-0.2, 0) is 4.79 Å². The third kappa shape index (κ3) is 3.74. The molecule has 12 heavy (non-hydrogen) atoms. The lowest BCUT2D eigenvalue weighted by molar-refractivity contribution is -0.110. The average Bonchev–Trinajstić information content (AvgIpc) is 2.19. The van der Waals surface area contributed by atoms with Gasteiger partial charge in [-0.15, -0.1) is 0 Å². The van der Waals surface area contributed by atoms with E-state index >= 15 is 0 Å². The second kappa shape index (κ2) is 6.04. The molecule has 70 valence electrons. The lowest BCUT2D eigenvalue weighted by Crippen LogP contribution is -2.27. The molecule has 1 N–H and O–H groups in total. The van der Waals surface area contributed by atoms with Crippen LogP contribution in [0.4, 0.5) is 0 Å². The summed E-state index contributed by atoms with van der Waals surface area (Å²) in [7, 11) is 0. The topological polar surface area (TPSA) is 29.1 Å². The highest BCUT2D eigenvalue weighted by molar-refractivity contribution is 5.46. The van der Waals surface area contributed by atoms with Gasteiger partial charge in [0.15, 0.2) is 0 Å². The van der Waals surface area contributed by atoms with E-state index in [9.17, 15) is 4.79 Å². The van der Waals surface area contributed by atoms with E-state index < -0.39 is 0 Å². The first-order valence-electron chi connectivity index (χ1n) is 5.13. The Labute approximate surface area is 74.7 Å². The number of carbonyl (C=O) groups is 1. The molecular weight excluding hydrogens is 150 g/mol. The third-order valence-electron chi connectivity index (χ3n) is 2.66. The summed E-state index contributed by atoms with van der Waals surface area (Å²) in [6.07, 6.45) is 11.2. The van der Waals surface area contributed by atoms with Gasteiger partial charge in [-0.25, -0.2) is 0 Å². The normalized spacial score (nSPS) is 22.0. The van der Waals surface area contributed by atoms with Crippen molar-refractivity contribution in [2.75, 3.05) is 0 Å². The van der Waals surface area contributed by atoms with Crippen molar-refractivity contribution in [3.05, 3.63) is 0 Å². The maximum atomic E-state index is 10.2. The second-order valence-corrected chi connectivity index (χ2v) is 3.68. The lowest BCUT2D eigenvalue weighted by Gasteiger charge is -2.13. The molecule has 1 aliphatic rings. The zero-order valence-electron chi connectivity index (χ0n) is 7.72. The zero-order chi connectivity index (χ0) is 8.65. The Morgan fingerprint density at radius 2 is 1.42 bits per heavy atom. The van der Waals surface area contributed by atoms with E-state index in [0.717, 1.165) is 6.41 Å². The van der Waals surface area contributed by atoms with Crippen LogP contribution in [0.25, 0.3) is 0 Å². The van der Waals surface area contributed by atoms with Gasteiger partial charge < -0.3 is 5.32 Å². The Hall–Kier alpha value is -0.530. The summed E-state index contributed by atoms with van der Waals surface area (Å²) >= 11 is 0. The molecule has 0 heterocycles. The molecular formula is C10H19NO. The molecule has 0 unspecified atom stereocenters. The smallest absolute Gasteiger partial charge is 0.207 e. The Morgan fingerprint density at radius 3 is 1.92 bits per heavy atom. The largest absolute Gasteiger partial charge is 0.356 e. The van der Waals surface area contributed by atoms with Crippen LogP contribution in [0.2, 0.25) is 0 Å². The van der Waals surface area contributed by atoms with Crippen molar-refractivity contribution in [1.29, 1.82) is 0 Å². The van der Waals surface area contributed by atoms with E-state index in [4.69, 9.17) is 0 Å². The molecule has 2 heteroatoms. The molecule has 0 bridgehead atoms. The number of nitrogens with one attached hydrogen (secondary N) is 1. The summed E-state index contributed by atoms with van der Waals surface area (Å²) in [5, 5.41) is 2.90. The molecule has 1 amide bonds. The molecule has 0 spiro atoms. The first-order valence-corrected chi connectivity index (χ1v) is 5.13. The molecule has 0 aromatic heterocycles. The predicted octanol–water partition coefficient (Wildman–Crippen LogP) is 2.24. The summed E-state index contributed by atoms with van der Waals surface area (Å²) in [6, 6.07) is 0.459. The maximum Gasteiger partial charge on any atom is 0.207 e. The van der Waals surface area contributed by atoms with E-state index in [2.05, 4.69) is 5.32 Å². The Bertz CT molecular complexity index is 115. The van der Waals surface area contributed by atoms with Crippen molar-refractivity contribution < 1.29 is 4.79 Å². The van der Waals surface area contributed by atoms with Gasteiger partial charge in [0, 0.05) is 6.04 Å². The fraction of sp³-hybridized carbons (Fsp3) is 0.900. The first kappa shape index (κ1) is 9.56. The molecule has 1 saturated carbocycles. The van der Waals surface area contributed by atoms with Crippen molar-refractivity contribution in [3.8, 4) is 0 Å². The van der Waals surface area contributed by atoms with E-state index in [0.29, 0.717) is 6.04 Å². The fourth-order valence-corrected chi connectivity index (χ4v) is 1.90. The number of carbonyl (C=O) groups excluding carboxylic acids is 1. The molecule has 0 radical (unpaired) electrons. The van der Waals surface area contributed by atoms with Crippen LogP contribution in [0.5, 0.6) is 0 Å². The minimum absolute atomic E-state index is 0.459. The van der Waals surface area contributed by atoms with Gasteiger partial charge in [-0.2, -0.15) is 0 Å². The summed E-state index contributed by atoms with van der Waals surface area (Å²) < 4.78 is 0. The van der Waals surface area contributed by atoms with Crippen LogP contribution in [-0.4, -0.2) is 12.5 Å².